The van der Waals surface area contributed by atoms with Gasteiger partial charge in [0.2, 0.25) is 0 Å². The van der Waals surface area contributed by atoms with Gasteiger partial charge in [-0.3, -0.25) is 4.79 Å². The molecule has 4 aromatic rings. The quantitative estimate of drug-likeness (QED) is 0.464. The number of H-pyrrole nitrogens is 1. The normalized spacial score (nSPS) is 15.4. The third-order valence-corrected chi connectivity index (χ3v) is 6.19. The van der Waals surface area contributed by atoms with Crippen molar-refractivity contribution in [1.82, 2.24) is 9.88 Å². The van der Waals surface area contributed by atoms with Crippen molar-refractivity contribution in [3.05, 3.63) is 94.7 Å². The molecular weight excluding hydrogens is 426 g/mol. The van der Waals surface area contributed by atoms with Gasteiger partial charge in [0.1, 0.15) is 6.04 Å². The van der Waals surface area contributed by atoms with Crippen LogP contribution in [0.5, 0.6) is 11.5 Å². The smallest absolute Gasteiger partial charge is 0.254 e. The topological polar surface area (TPSA) is 54.6 Å². The molecule has 0 radical (unpaired) electrons. The van der Waals surface area contributed by atoms with Gasteiger partial charge in [-0.2, -0.15) is 0 Å². The molecule has 1 aliphatic rings. The summed E-state index contributed by atoms with van der Waals surface area (Å²) in [6.45, 7) is 0.401. The Hall–Kier alpha value is -3.87. The second-order valence-electron chi connectivity index (χ2n) is 7.93. The summed E-state index contributed by atoms with van der Waals surface area (Å²) in [7, 11) is 3.11. The summed E-state index contributed by atoms with van der Waals surface area (Å²) < 4.78 is 38.6. The zero-order valence-electron chi connectivity index (χ0n) is 18.2. The number of ether oxygens (including phenoxy) is 2. The highest BCUT2D eigenvalue weighted by molar-refractivity contribution is 5.95. The van der Waals surface area contributed by atoms with Gasteiger partial charge in [-0.15, -0.1) is 0 Å². The summed E-state index contributed by atoms with van der Waals surface area (Å²) in [5.74, 6) is -1.39. The van der Waals surface area contributed by atoms with Gasteiger partial charge in [-0.05, 0) is 42.3 Å². The van der Waals surface area contributed by atoms with Crippen molar-refractivity contribution in [3.8, 4) is 11.5 Å². The van der Waals surface area contributed by atoms with Crippen molar-refractivity contribution in [1.29, 1.82) is 0 Å². The Balaban J connectivity index is 1.71. The molecule has 1 aliphatic heterocycles. The predicted octanol–water partition coefficient (Wildman–Crippen LogP) is 5.25. The maximum atomic E-state index is 13.9. The number of aromatic amines is 1. The second kappa shape index (κ2) is 8.24. The number of nitrogens with one attached hydrogen (secondary N) is 1. The summed E-state index contributed by atoms with van der Waals surface area (Å²) in [5.41, 5.74) is 3.77. The van der Waals surface area contributed by atoms with E-state index < -0.39 is 23.6 Å². The summed E-state index contributed by atoms with van der Waals surface area (Å²) in [5, 5.41) is 1.10. The number of benzene rings is 3. The first kappa shape index (κ1) is 21.0. The third kappa shape index (κ3) is 3.40. The zero-order chi connectivity index (χ0) is 23.1. The number of methoxy groups -OCH3 is 2. The van der Waals surface area contributed by atoms with E-state index in [0.717, 1.165) is 39.9 Å². The monoisotopic (exact) mass is 448 g/mol. The molecule has 168 valence electrons. The van der Waals surface area contributed by atoms with Crippen LogP contribution in [0.3, 0.4) is 0 Å². The molecule has 0 saturated heterocycles. The number of aromatic nitrogens is 1. The Bertz CT molecular complexity index is 1370. The van der Waals surface area contributed by atoms with E-state index in [0.29, 0.717) is 24.5 Å². The highest BCUT2D eigenvalue weighted by atomic mass is 19.2. The van der Waals surface area contributed by atoms with Crippen molar-refractivity contribution in [3.63, 3.8) is 0 Å². The molecule has 1 amide bonds. The van der Waals surface area contributed by atoms with Crippen LogP contribution in [0, 0.1) is 11.6 Å². The summed E-state index contributed by atoms with van der Waals surface area (Å²) >= 11 is 0. The van der Waals surface area contributed by atoms with Crippen molar-refractivity contribution in [2.45, 2.75) is 12.5 Å². The van der Waals surface area contributed by atoms with E-state index in [1.165, 1.54) is 6.07 Å². The Morgan fingerprint density at radius 2 is 1.82 bits per heavy atom. The van der Waals surface area contributed by atoms with Gasteiger partial charge in [0.05, 0.1) is 14.2 Å². The van der Waals surface area contributed by atoms with E-state index in [1.807, 2.05) is 30.3 Å². The minimum atomic E-state index is -1.06. The third-order valence-electron chi connectivity index (χ3n) is 6.19. The molecule has 7 heteroatoms. The van der Waals surface area contributed by atoms with Gasteiger partial charge in [0, 0.05) is 34.3 Å². The van der Waals surface area contributed by atoms with Crippen molar-refractivity contribution < 1.29 is 23.0 Å². The molecule has 1 aromatic heterocycles. The van der Waals surface area contributed by atoms with Crippen LogP contribution < -0.4 is 9.47 Å². The maximum Gasteiger partial charge on any atom is 0.254 e. The van der Waals surface area contributed by atoms with Crippen molar-refractivity contribution in [2.24, 2.45) is 0 Å². The van der Waals surface area contributed by atoms with Crippen LogP contribution in [-0.2, 0) is 6.42 Å². The molecule has 3 aromatic carbocycles. The Kier molecular flexibility index (Phi) is 5.24. The van der Waals surface area contributed by atoms with E-state index >= 15 is 0 Å². The molecule has 1 N–H and O–H groups in total. The van der Waals surface area contributed by atoms with Crippen LogP contribution in [0.1, 0.15) is 33.2 Å². The Labute approximate surface area is 189 Å². The highest BCUT2D eigenvalue weighted by Gasteiger charge is 2.37. The summed E-state index contributed by atoms with van der Waals surface area (Å²) in [6.07, 6.45) is 0.623. The zero-order valence-corrected chi connectivity index (χ0v) is 18.2. The van der Waals surface area contributed by atoms with Crippen LogP contribution in [0.25, 0.3) is 10.9 Å². The van der Waals surface area contributed by atoms with Crippen LogP contribution in [0.15, 0.2) is 60.7 Å². The molecule has 2 heterocycles. The molecule has 5 rings (SSSR count). The van der Waals surface area contributed by atoms with Crippen molar-refractivity contribution >= 4 is 16.8 Å². The van der Waals surface area contributed by atoms with E-state index in [9.17, 15) is 13.6 Å². The number of carbonyl (C=O) groups is 1. The molecule has 0 spiro atoms. The van der Waals surface area contributed by atoms with Gasteiger partial charge in [-0.25, -0.2) is 8.78 Å². The number of hydrogen-bond donors (Lipinski definition) is 1. The molecule has 0 aliphatic carbocycles. The highest BCUT2D eigenvalue weighted by Crippen LogP contribution is 2.44. The lowest BCUT2D eigenvalue weighted by Crippen LogP contribution is -2.40. The molecule has 0 saturated carbocycles. The SMILES string of the molecule is COc1cccc([C@H]2c3[nH]c4ccccc4c3CCN2C(=O)c2ccc(F)c(F)c2)c1OC. The van der Waals surface area contributed by atoms with Crippen molar-refractivity contribution in [2.75, 3.05) is 20.8 Å². The van der Waals surface area contributed by atoms with Crippen LogP contribution >= 0.6 is 0 Å². The van der Waals surface area contributed by atoms with Gasteiger partial charge in [-0.1, -0.05) is 30.3 Å². The number of carbonyl (C=O) groups excluding carboxylic acids is 1. The van der Waals surface area contributed by atoms with Crippen LogP contribution in [0.4, 0.5) is 8.78 Å². The number of rotatable bonds is 4. The number of nitrogens with zero attached hydrogens (tertiary/aromatic N) is 1. The minimum Gasteiger partial charge on any atom is -0.493 e. The molecule has 0 fully saturated rings. The Morgan fingerprint density at radius 1 is 1.00 bits per heavy atom. The van der Waals surface area contributed by atoms with E-state index in [2.05, 4.69) is 11.1 Å². The molecule has 0 bridgehead atoms. The van der Waals surface area contributed by atoms with Gasteiger partial charge < -0.3 is 19.4 Å². The van der Waals surface area contributed by atoms with E-state index in [1.54, 1.807) is 25.2 Å². The average molecular weight is 448 g/mol. The second-order valence-corrected chi connectivity index (χ2v) is 7.93. The number of fused-ring (bicyclic) bond motifs is 3. The number of halogens is 2. The summed E-state index contributed by atoms with van der Waals surface area (Å²) in [4.78, 5) is 18.7. The van der Waals surface area contributed by atoms with Gasteiger partial charge >= 0.3 is 0 Å². The van der Waals surface area contributed by atoms with Gasteiger partial charge in [0.25, 0.3) is 5.91 Å². The lowest BCUT2D eigenvalue weighted by molar-refractivity contribution is 0.0689. The molecule has 33 heavy (non-hydrogen) atoms. The predicted molar refractivity (Wildman–Crippen MR) is 121 cm³/mol. The van der Waals surface area contributed by atoms with Crippen LogP contribution in [0.2, 0.25) is 0 Å². The Morgan fingerprint density at radius 3 is 2.58 bits per heavy atom. The first-order valence-electron chi connectivity index (χ1n) is 10.6. The first-order valence-corrected chi connectivity index (χ1v) is 10.6. The number of amides is 1. The average Bonchev–Trinajstić information content (AvgIpc) is 3.22. The van der Waals surface area contributed by atoms with Gasteiger partial charge in [0.15, 0.2) is 23.1 Å². The number of hydrogen-bond acceptors (Lipinski definition) is 3. The maximum absolute atomic E-state index is 13.9. The largest absolute Gasteiger partial charge is 0.493 e. The molecule has 1 atom stereocenters. The first-order chi connectivity index (χ1) is 16.0. The minimum absolute atomic E-state index is 0.0836. The molecular formula is C26H22F2N2O3. The standard InChI is InChI=1S/C26H22F2N2O3/c1-32-22-9-5-7-18(25(22)33-2)24-23-17(16-6-3-4-8-21(16)29-23)12-13-30(24)26(31)15-10-11-19(27)20(28)14-15/h3-11,14,24,29H,12-13H2,1-2H3/t24-/m0/s1. The number of para-hydroxylation sites is 2. The fourth-order valence-corrected chi connectivity index (χ4v) is 4.71. The summed E-state index contributed by atoms with van der Waals surface area (Å²) in [6, 6.07) is 16.2. The fourth-order valence-electron chi connectivity index (χ4n) is 4.71. The lowest BCUT2D eigenvalue weighted by atomic mass is 9.91. The van der Waals surface area contributed by atoms with E-state index in [-0.39, 0.29) is 5.56 Å². The lowest BCUT2D eigenvalue weighted by Gasteiger charge is -2.37. The molecule has 0 unspecified atom stereocenters. The van der Waals surface area contributed by atoms with Crippen LogP contribution in [-0.4, -0.2) is 36.6 Å². The molecule has 5 nitrogen and oxygen atoms in total. The fraction of sp³-hybridized carbons (Fsp3) is 0.192. The van der Waals surface area contributed by atoms with E-state index in [4.69, 9.17) is 9.47 Å².